The van der Waals surface area contributed by atoms with Gasteiger partial charge in [0.15, 0.2) is 5.16 Å². The molecule has 0 fully saturated rings. The number of aryl methyl sites for hydroxylation is 2. The first-order chi connectivity index (χ1) is 12.4. The number of nitrogens with zero attached hydrogens (tertiary/aromatic N) is 3. The summed E-state index contributed by atoms with van der Waals surface area (Å²) >= 11 is 10.7. The van der Waals surface area contributed by atoms with Crippen LogP contribution in [0.15, 0.2) is 52.1 Å². The minimum atomic E-state index is -0.108. The van der Waals surface area contributed by atoms with Crippen molar-refractivity contribution >= 4 is 50.9 Å². The number of benzene rings is 2. The highest BCUT2D eigenvalue weighted by Crippen LogP contribution is 2.25. The van der Waals surface area contributed by atoms with Gasteiger partial charge in [-0.15, -0.1) is 10.2 Å². The largest absolute Gasteiger partial charge is 0.324 e. The van der Waals surface area contributed by atoms with Crippen LogP contribution in [0.2, 0.25) is 5.02 Å². The highest BCUT2D eigenvalue weighted by molar-refractivity contribution is 9.10. The van der Waals surface area contributed by atoms with Gasteiger partial charge in [0.05, 0.1) is 11.4 Å². The minimum absolute atomic E-state index is 0.108. The third-order valence-corrected chi connectivity index (χ3v) is 5.45. The fraction of sp³-hybridized carbons (Fsp3) is 0.167. The lowest BCUT2D eigenvalue weighted by atomic mass is 10.2. The lowest BCUT2D eigenvalue weighted by Gasteiger charge is -2.10. The van der Waals surface area contributed by atoms with E-state index in [-0.39, 0.29) is 11.7 Å². The zero-order valence-corrected chi connectivity index (χ0v) is 17.3. The van der Waals surface area contributed by atoms with Crippen molar-refractivity contribution in [2.75, 3.05) is 11.1 Å². The van der Waals surface area contributed by atoms with Crippen LogP contribution in [0.25, 0.3) is 5.69 Å². The molecular weight excluding hydrogens is 436 g/mol. The van der Waals surface area contributed by atoms with Gasteiger partial charge in [-0.2, -0.15) is 0 Å². The lowest BCUT2D eigenvalue weighted by molar-refractivity contribution is -0.113. The van der Waals surface area contributed by atoms with Gasteiger partial charge >= 0.3 is 0 Å². The van der Waals surface area contributed by atoms with Crippen molar-refractivity contribution in [2.45, 2.75) is 19.0 Å². The molecule has 0 bridgehead atoms. The molecule has 1 N–H and O–H groups in total. The van der Waals surface area contributed by atoms with Crippen molar-refractivity contribution in [3.8, 4) is 5.69 Å². The second-order valence-corrected chi connectivity index (χ2v) is 7.90. The maximum absolute atomic E-state index is 12.3. The summed E-state index contributed by atoms with van der Waals surface area (Å²) in [7, 11) is 0. The number of rotatable bonds is 5. The molecule has 0 atom stereocenters. The first kappa shape index (κ1) is 18.9. The number of hydrogen-bond acceptors (Lipinski definition) is 4. The molecule has 0 radical (unpaired) electrons. The van der Waals surface area contributed by atoms with E-state index < -0.39 is 0 Å². The molecule has 3 aromatic rings. The summed E-state index contributed by atoms with van der Waals surface area (Å²) in [6.45, 7) is 3.87. The molecule has 0 saturated heterocycles. The molecule has 3 rings (SSSR count). The molecule has 0 unspecified atom stereocenters. The quantitative estimate of drug-likeness (QED) is 0.553. The molecular formula is C18H16BrClN4OS. The summed E-state index contributed by atoms with van der Waals surface area (Å²) in [4.78, 5) is 12.3. The number of anilines is 1. The molecule has 2 aromatic carbocycles. The van der Waals surface area contributed by atoms with Crippen LogP contribution >= 0.6 is 39.3 Å². The van der Waals surface area contributed by atoms with Gasteiger partial charge in [-0.1, -0.05) is 29.4 Å². The van der Waals surface area contributed by atoms with Crippen LogP contribution in [0.3, 0.4) is 0 Å². The molecule has 5 nitrogen and oxygen atoms in total. The van der Waals surface area contributed by atoms with Crippen molar-refractivity contribution in [2.24, 2.45) is 0 Å². The van der Waals surface area contributed by atoms with Gasteiger partial charge in [-0.3, -0.25) is 9.36 Å². The van der Waals surface area contributed by atoms with E-state index in [4.69, 9.17) is 11.6 Å². The zero-order valence-electron chi connectivity index (χ0n) is 14.2. The molecule has 1 heterocycles. The third-order valence-electron chi connectivity index (χ3n) is 3.61. The van der Waals surface area contributed by atoms with Crippen molar-refractivity contribution in [1.82, 2.24) is 14.8 Å². The summed E-state index contributed by atoms with van der Waals surface area (Å²) in [6, 6.07) is 13.2. The van der Waals surface area contributed by atoms with Crippen LogP contribution in [0.1, 0.15) is 11.4 Å². The fourth-order valence-electron chi connectivity index (χ4n) is 2.36. The molecule has 26 heavy (non-hydrogen) atoms. The average molecular weight is 452 g/mol. The van der Waals surface area contributed by atoms with Gasteiger partial charge in [-0.25, -0.2) is 0 Å². The number of nitrogens with one attached hydrogen (secondary N) is 1. The molecule has 0 aliphatic carbocycles. The molecule has 0 saturated carbocycles. The van der Waals surface area contributed by atoms with Gasteiger partial charge in [0.1, 0.15) is 5.82 Å². The van der Waals surface area contributed by atoms with Crippen LogP contribution < -0.4 is 5.32 Å². The summed E-state index contributed by atoms with van der Waals surface area (Å²) < 4.78 is 2.76. The highest BCUT2D eigenvalue weighted by Gasteiger charge is 2.14. The summed E-state index contributed by atoms with van der Waals surface area (Å²) in [5, 5.41) is 12.5. The molecule has 0 aliphatic rings. The maximum Gasteiger partial charge on any atom is 0.234 e. The predicted molar refractivity (Wildman–Crippen MR) is 109 cm³/mol. The Bertz CT molecular complexity index is 943. The van der Waals surface area contributed by atoms with E-state index in [0.29, 0.717) is 10.2 Å². The van der Waals surface area contributed by atoms with Gasteiger partial charge in [0, 0.05) is 15.2 Å². The monoisotopic (exact) mass is 450 g/mol. The summed E-state index contributed by atoms with van der Waals surface area (Å²) in [5.74, 6) is 0.867. The number of aromatic nitrogens is 3. The molecule has 0 spiro atoms. The van der Waals surface area contributed by atoms with E-state index >= 15 is 0 Å². The molecule has 134 valence electrons. The van der Waals surface area contributed by atoms with Crippen LogP contribution in [0, 0.1) is 13.8 Å². The second kappa shape index (κ2) is 8.24. The Morgan fingerprint density at radius 3 is 2.62 bits per heavy atom. The van der Waals surface area contributed by atoms with E-state index in [9.17, 15) is 4.79 Å². The Morgan fingerprint density at radius 2 is 1.92 bits per heavy atom. The summed E-state index contributed by atoms with van der Waals surface area (Å²) in [6.07, 6.45) is 0. The number of halogens is 2. The number of carbonyl (C=O) groups is 1. The fourth-order valence-corrected chi connectivity index (χ4v) is 3.88. The Balaban J connectivity index is 1.70. The van der Waals surface area contributed by atoms with Gasteiger partial charge in [-0.05, 0) is 71.7 Å². The van der Waals surface area contributed by atoms with Crippen molar-refractivity contribution in [3.05, 3.63) is 63.3 Å². The molecule has 0 aliphatic heterocycles. The van der Waals surface area contributed by atoms with E-state index in [2.05, 4.69) is 31.4 Å². The van der Waals surface area contributed by atoms with Crippen LogP contribution in [-0.4, -0.2) is 26.4 Å². The number of hydrogen-bond donors (Lipinski definition) is 1. The van der Waals surface area contributed by atoms with Crippen LogP contribution in [-0.2, 0) is 4.79 Å². The highest BCUT2D eigenvalue weighted by atomic mass is 79.9. The minimum Gasteiger partial charge on any atom is -0.324 e. The smallest absolute Gasteiger partial charge is 0.234 e. The van der Waals surface area contributed by atoms with Crippen LogP contribution in [0.4, 0.5) is 5.69 Å². The van der Waals surface area contributed by atoms with E-state index in [1.165, 1.54) is 11.8 Å². The first-order valence-corrected chi connectivity index (χ1v) is 9.96. The molecule has 1 aromatic heterocycles. The first-order valence-electron chi connectivity index (χ1n) is 7.81. The Morgan fingerprint density at radius 1 is 1.19 bits per heavy atom. The summed E-state index contributed by atoms with van der Waals surface area (Å²) in [5.41, 5.74) is 2.77. The third kappa shape index (κ3) is 4.47. The maximum atomic E-state index is 12.3. The zero-order chi connectivity index (χ0) is 18.7. The van der Waals surface area contributed by atoms with Crippen molar-refractivity contribution < 1.29 is 4.79 Å². The molecule has 1 amide bonds. The molecule has 8 heteroatoms. The Labute approximate surface area is 169 Å². The Hall–Kier alpha value is -1.83. The number of amides is 1. The SMILES string of the molecule is Cc1ccc(NC(=O)CSc2nnc(C)n2-c2ccc(Cl)cc2)c(Br)c1. The predicted octanol–water partition coefficient (Wildman–Crippen LogP) is 5.03. The van der Waals surface area contributed by atoms with Gasteiger partial charge in [0.25, 0.3) is 0 Å². The normalized spacial score (nSPS) is 10.8. The van der Waals surface area contributed by atoms with Crippen molar-refractivity contribution in [3.63, 3.8) is 0 Å². The number of thioether (sulfide) groups is 1. The number of carbonyl (C=O) groups excluding carboxylic acids is 1. The topological polar surface area (TPSA) is 59.8 Å². The van der Waals surface area contributed by atoms with E-state index in [1.54, 1.807) is 0 Å². The standard InChI is InChI=1S/C18H16BrClN4OS/c1-11-3-8-16(15(19)9-11)21-17(25)10-26-18-23-22-12(2)24(18)14-6-4-13(20)5-7-14/h3-9H,10H2,1-2H3,(H,21,25). The Kier molecular flexibility index (Phi) is 6.01. The van der Waals surface area contributed by atoms with E-state index in [1.807, 2.05) is 60.9 Å². The van der Waals surface area contributed by atoms with Crippen molar-refractivity contribution in [1.29, 1.82) is 0 Å². The van der Waals surface area contributed by atoms with Gasteiger partial charge in [0.2, 0.25) is 5.91 Å². The van der Waals surface area contributed by atoms with Gasteiger partial charge < -0.3 is 5.32 Å². The van der Waals surface area contributed by atoms with Crippen LogP contribution in [0.5, 0.6) is 0 Å². The second-order valence-electron chi connectivity index (χ2n) is 5.66. The van der Waals surface area contributed by atoms with E-state index in [0.717, 1.165) is 27.2 Å². The lowest BCUT2D eigenvalue weighted by Crippen LogP contribution is -2.15. The average Bonchev–Trinajstić information content (AvgIpc) is 2.97.